The highest BCUT2D eigenvalue weighted by Gasteiger charge is 2.43. The second-order valence-electron chi connectivity index (χ2n) is 8.50. The van der Waals surface area contributed by atoms with Crippen LogP contribution in [0.15, 0.2) is 48.7 Å². The van der Waals surface area contributed by atoms with Crippen LogP contribution in [0.3, 0.4) is 0 Å². The number of aromatic nitrogens is 1. The Labute approximate surface area is 182 Å². The van der Waals surface area contributed by atoms with E-state index in [9.17, 15) is 18.0 Å². The molecule has 0 radical (unpaired) electrons. The number of alkyl halides is 3. The van der Waals surface area contributed by atoms with Gasteiger partial charge in [-0.3, -0.25) is 4.79 Å². The summed E-state index contributed by atoms with van der Waals surface area (Å²) in [4.78, 5) is 15.4. The minimum atomic E-state index is -4.32. The number of rotatable bonds is 5. The Kier molecular flexibility index (Phi) is 4.85. The summed E-state index contributed by atoms with van der Waals surface area (Å²) in [5.41, 5.74) is 1.76. The van der Waals surface area contributed by atoms with E-state index in [4.69, 9.17) is 10.00 Å². The largest absolute Gasteiger partial charge is 0.490 e. The van der Waals surface area contributed by atoms with Gasteiger partial charge in [0, 0.05) is 17.1 Å². The summed E-state index contributed by atoms with van der Waals surface area (Å²) in [5, 5.41) is 12.6. The molecule has 1 aromatic heterocycles. The molecule has 2 atom stereocenters. The van der Waals surface area contributed by atoms with Gasteiger partial charge < -0.3 is 15.0 Å². The summed E-state index contributed by atoms with van der Waals surface area (Å²) in [7, 11) is 0. The van der Waals surface area contributed by atoms with Crippen molar-refractivity contribution in [3.63, 3.8) is 0 Å². The highest BCUT2D eigenvalue weighted by molar-refractivity contribution is 6.03. The van der Waals surface area contributed by atoms with Gasteiger partial charge in [-0.15, -0.1) is 0 Å². The van der Waals surface area contributed by atoms with E-state index in [0.29, 0.717) is 17.9 Å². The number of nitrogens with one attached hydrogen (secondary N) is 2. The Morgan fingerprint density at radius 3 is 2.53 bits per heavy atom. The Balaban J connectivity index is 1.21. The van der Waals surface area contributed by atoms with Gasteiger partial charge in [-0.05, 0) is 61.1 Å². The second-order valence-corrected chi connectivity index (χ2v) is 8.50. The highest BCUT2D eigenvalue weighted by atomic mass is 19.4. The van der Waals surface area contributed by atoms with E-state index < -0.39 is 11.7 Å². The predicted octanol–water partition coefficient (Wildman–Crippen LogP) is 5.61. The number of carbonyl (C=O) groups is 1. The Morgan fingerprint density at radius 1 is 1.12 bits per heavy atom. The molecule has 32 heavy (non-hydrogen) atoms. The molecule has 8 heteroatoms. The summed E-state index contributed by atoms with van der Waals surface area (Å²) >= 11 is 0. The number of aromatic amines is 1. The molecule has 0 aliphatic heterocycles. The highest BCUT2D eigenvalue weighted by Crippen LogP contribution is 2.41. The van der Waals surface area contributed by atoms with Crippen molar-refractivity contribution in [1.29, 1.82) is 5.26 Å². The fourth-order valence-electron chi connectivity index (χ4n) is 4.20. The van der Waals surface area contributed by atoms with Crippen LogP contribution in [0.2, 0.25) is 0 Å². The normalized spacial score (nSPS) is 24.4. The summed E-state index contributed by atoms with van der Waals surface area (Å²) in [6.07, 6.45) is -0.551. The molecule has 2 saturated carbocycles. The average Bonchev–Trinajstić information content (AvgIpc) is 3.44. The van der Waals surface area contributed by atoms with Crippen molar-refractivity contribution < 1.29 is 22.7 Å². The van der Waals surface area contributed by atoms with Crippen molar-refractivity contribution in [3.8, 4) is 11.8 Å². The molecule has 5 rings (SSSR count). The lowest BCUT2D eigenvalue weighted by Crippen LogP contribution is -2.32. The van der Waals surface area contributed by atoms with Gasteiger partial charge in [0.25, 0.3) is 0 Å². The molecule has 1 heterocycles. The van der Waals surface area contributed by atoms with Gasteiger partial charge in [0.1, 0.15) is 5.75 Å². The van der Waals surface area contributed by atoms with Crippen molar-refractivity contribution in [2.45, 2.75) is 37.5 Å². The van der Waals surface area contributed by atoms with Gasteiger partial charge in [0.05, 0.1) is 35.3 Å². The number of H-pyrrole nitrogens is 1. The minimum Gasteiger partial charge on any atom is -0.490 e. The third-order valence-electron chi connectivity index (χ3n) is 6.31. The van der Waals surface area contributed by atoms with Crippen LogP contribution in [-0.2, 0) is 11.0 Å². The molecule has 164 valence electrons. The fraction of sp³-hybridized carbons (Fsp3) is 0.333. The first-order valence-corrected chi connectivity index (χ1v) is 10.5. The molecule has 3 aromatic rings. The summed E-state index contributed by atoms with van der Waals surface area (Å²) in [6.45, 7) is 0. The third-order valence-corrected chi connectivity index (χ3v) is 6.31. The Morgan fingerprint density at radius 2 is 1.88 bits per heavy atom. The maximum atomic E-state index is 12.7. The van der Waals surface area contributed by atoms with Gasteiger partial charge in [-0.2, -0.15) is 18.4 Å². The molecule has 2 fully saturated rings. The number of hydrogen-bond acceptors (Lipinski definition) is 3. The molecular weight excluding hydrogens is 419 g/mol. The summed E-state index contributed by atoms with van der Waals surface area (Å²) in [5.74, 6) is 0.253. The number of carbonyl (C=O) groups excluding carboxylic acids is 1. The molecule has 0 unspecified atom stereocenters. The van der Waals surface area contributed by atoms with E-state index >= 15 is 0 Å². The number of fused-ring (bicyclic) bond motifs is 1. The van der Waals surface area contributed by atoms with Gasteiger partial charge in [-0.1, -0.05) is 12.1 Å². The quantitative estimate of drug-likeness (QED) is 0.542. The molecule has 1 amide bonds. The molecular formula is C24H20F3N3O2. The van der Waals surface area contributed by atoms with Gasteiger partial charge in [0.15, 0.2) is 0 Å². The average molecular weight is 439 g/mol. The first-order chi connectivity index (χ1) is 15.3. The van der Waals surface area contributed by atoms with Crippen LogP contribution in [0.4, 0.5) is 18.9 Å². The van der Waals surface area contributed by atoms with Crippen LogP contribution < -0.4 is 10.1 Å². The van der Waals surface area contributed by atoms with E-state index in [0.717, 1.165) is 41.4 Å². The van der Waals surface area contributed by atoms with Crippen molar-refractivity contribution in [2.75, 3.05) is 5.32 Å². The number of anilines is 1. The molecule has 0 bridgehead atoms. The van der Waals surface area contributed by atoms with E-state index in [1.54, 1.807) is 18.3 Å². The molecule has 2 aromatic carbocycles. The second kappa shape index (κ2) is 7.59. The lowest BCUT2D eigenvalue weighted by atomic mass is 9.77. The number of amides is 1. The first kappa shape index (κ1) is 20.4. The SMILES string of the molecule is N#C[C@H]1C[C@H]1C(=O)Nc1c[nH]c2ccc(O[C@H]3C[C@@H](c4ccc(C(F)(F)F)cc4)C3)cc12. The number of hydrogen-bond donors (Lipinski definition) is 2. The Bertz CT molecular complexity index is 1200. The zero-order chi connectivity index (χ0) is 22.5. The van der Waals surface area contributed by atoms with Crippen molar-refractivity contribution in [3.05, 3.63) is 59.8 Å². The predicted molar refractivity (Wildman–Crippen MR) is 112 cm³/mol. The topological polar surface area (TPSA) is 77.9 Å². The third kappa shape index (κ3) is 3.91. The molecule has 2 aliphatic carbocycles. The maximum absolute atomic E-state index is 12.7. The molecule has 2 N–H and O–H groups in total. The van der Waals surface area contributed by atoms with Crippen LogP contribution in [0.5, 0.6) is 5.75 Å². The lowest BCUT2D eigenvalue weighted by molar-refractivity contribution is -0.137. The molecule has 0 saturated heterocycles. The zero-order valence-electron chi connectivity index (χ0n) is 16.9. The number of nitriles is 1. The van der Waals surface area contributed by atoms with E-state index in [2.05, 4.69) is 16.4 Å². The smallest absolute Gasteiger partial charge is 0.416 e. The summed E-state index contributed by atoms with van der Waals surface area (Å²) < 4.78 is 44.2. The number of benzene rings is 2. The van der Waals surface area contributed by atoms with Crippen molar-refractivity contribution >= 4 is 22.5 Å². The van der Waals surface area contributed by atoms with Crippen LogP contribution in [0.25, 0.3) is 10.9 Å². The van der Waals surface area contributed by atoms with Crippen LogP contribution in [0.1, 0.15) is 36.3 Å². The van der Waals surface area contributed by atoms with E-state index in [1.807, 2.05) is 18.2 Å². The first-order valence-electron chi connectivity index (χ1n) is 10.5. The number of ether oxygens (including phenoxy) is 1. The van der Waals surface area contributed by atoms with E-state index in [-0.39, 0.29) is 29.8 Å². The molecule has 2 aliphatic rings. The number of halogens is 3. The van der Waals surface area contributed by atoms with Crippen LogP contribution >= 0.6 is 0 Å². The molecule has 0 spiro atoms. The van der Waals surface area contributed by atoms with E-state index in [1.165, 1.54) is 0 Å². The van der Waals surface area contributed by atoms with Crippen molar-refractivity contribution in [2.24, 2.45) is 11.8 Å². The van der Waals surface area contributed by atoms with Gasteiger partial charge in [0.2, 0.25) is 5.91 Å². The molecule has 5 nitrogen and oxygen atoms in total. The van der Waals surface area contributed by atoms with Crippen molar-refractivity contribution in [1.82, 2.24) is 4.98 Å². The standard InChI is InChI=1S/C24H20F3N3O2/c25-24(26,27)16-3-1-13(2-4-16)14-7-18(8-14)32-17-5-6-21-20(10-17)22(12-29-21)30-23(31)19-9-15(19)11-28/h1-6,10,12,14-15,18-19,29H,7-9H2,(H,30,31)/t14-,15-,18+,19-/m1/s1. The van der Waals surface area contributed by atoms with Gasteiger partial charge in [-0.25, -0.2) is 0 Å². The van der Waals surface area contributed by atoms with Gasteiger partial charge >= 0.3 is 6.18 Å². The zero-order valence-corrected chi connectivity index (χ0v) is 16.9. The van der Waals surface area contributed by atoms with Crippen LogP contribution in [-0.4, -0.2) is 17.0 Å². The maximum Gasteiger partial charge on any atom is 0.416 e. The Hall–Kier alpha value is -3.47. The minimum absolute atomic E-state index is 0.0143. The monoisotopic (exact) mass is 439 g/mol. The fourth-order valence-corrected chi connectivity index (χ4v) is 4.20. The van der Waals surface area contributed by atoms with Crippen LogP contribution in [0, 0.1) is 23.2 Å². The lowest BCUT2D eigenvalue weighted by Gasteiger charge is -2.35. The summed E-state index contributed by atoms with van der Waals surface area (Å²) in [6, 6.07) is 13.0. The number of nitrogens with zero attached hydrogens (tertiary/aromatic N) is 1.